The summed E-state index contributed by atoms with van der Waals surface area (Å²) in [5.41, 5.74) is 7.15. The van der Waals surface area contributed by atoms with E-state index in [1.165, 1.54) is 5.56 Å². The van der Waals surface area contributed by atoms with Crippen LogP contribution in [-0.2, 0) is 6.54 Å². The lowest BCUT2D eigenvalue weighted by atomic mass is 10.0. The highest BCUT2D eigenvalue weighted by Gasteiger charge is 2.16. The quantitative estimate of drug-likeness (QED) is 0.810. The van der Waals surface area contributed by atoms with Gasteiger partial charge in [0.2, 0.25) is 0 Å². The van der Waals surface area contributed by atoms with E-state index in [1.807, 2.05) is 0 Å². The Kier molecular flexibility index (Phi) is 4.58. The molecule has 0 radical (unpaired) electrons. The van der Waals surface area contributed by atoms with Gasteiger partial charge in [0.25, 0.3) is 0 Å². The van der Waals surface area contributed by atoms with Crippen molar-refractivity contribution in [2.45, 2.75) is 26.4 Å². The van der Waals surface area contributed by atoms with Crippen LogP contribution < -0.4 is 5.73 Å². The Labute approximate surface area is 90.7 Å². The second kappa shape index (κ2) is 5.49. The first kappa shape index (κ1) is 11.7. The van der Waals surface area contributed by atoms with Gasteiger partial charge in [0.05, 0.1) is 0 Å². The van der Waals surface area contributed by atoms with Gasteiger partial charge in [0.1, 0.15) is 0 Å². The highest BCUT2D eigenvalue weighted by atomic mass is 32.1. The number of hydrogen-bond donors (Lipinski definition) is 1. The fourth-order valence-corrected chi connectivity index (χ4v) is 2.41. The van der Waals surface area contributed by atoms with Crippen LogP contribution in [0, 0.1) is 5.92 Å². The van der Waals surface area contributed by atoms with E-state index in [0.29, 0.717) is 12.0 Å². The van der Waals surface area contributed by atoms with E-state index in [-0.39, 0.29) is 0 Å². The van der Waals surface area contributed by atoms with E-state index >= 15 is 0 Å². The minimum absolute atomic E-state index is 0.481. The zero-order valence-electron chi connectivity index (χ0n) is 9.23. The number of hydrogen-bond acceptors (Lipinski definition) is 3. The maximum absolute atomic E-state index is 5.76. The maximum atomic E-state index is 5.76. The van der Waals surface area contributed by atoms with Gasteiger partial charge in [-0.2, -0.15) is 11.3 Å². The minimum Gasteiger partial charge on any atom is -0.329 e. The Hall–Kier alpha value is -0.380. The summed E-state index contributed by atoms with van der Waals surface area (Å²) >= 11 is 1.75. The summed E-state index contributed by atoms with van der Waals surface area (Å²) in [5, 5.41) is 4.32. The third-order valence-corrected chi connectivity index (χ3v) is 3.32. The molecule has 1 rings (SSSR count). The van der Waals surface area contributed by atoms with Crippen LogP contribution in [0.3, 0.4) is 0 Å². The van der Waals surface area contributed by atoms with Gasteiger partial charge in [-0.3, -0.25) is 4.90 Å². The summed E-state index contributed by atoms with van der Waals surface area (Å²) in [6.45, 7) is 6.19. The molecule has 1 aromatic heterocycles. The molecule has 0 bridgehead atoms. The van der Waals surface area contributed by atoms with Crippen LogP contribution in [0.25, 0.3) is 0 Å². The van der Waals surface area contributed by atoms with Crippen molar-refractivity contribution < 1.29 is 0 Å². The molecule has 0 saturated heterocycles. The molecule has 0 aromatic carbocycles. The van der Waals surface area contributed by atoms with Crippen molar-refractivity contribution in [3.8, 4) is 0 Å². The molecular formula is C11H20N2S. The Morgan fingerprint density at radius 3 is 2.64 bits per heavy atom. The average Bonchev–Trinajstić information content (AvgIpc) is 2.57. The normalized spacial score (nSPS) is 13.9. The lowest BCUT2D eigenvalue weighted by Gasteiger charge is -2.29. The van der Waals surface area contributed by atoms with Crippen molar-refractivity contribution in [1.29, 1.82) is 0 Å². The second-order valence-corrected chi connectivity index (χ2v) is 4.87. The number of likely N-dealkylation sites (N-methyl/N-ethyl adjacent to an activating group) is 1. The van der Waals surface area contributed by atoms with Crippen LogP contribution in [-0.4, -0.2) is 24.5 Å². The summed E-state index contributed by atoms with van der Waals surface area (Å²) in [5.74, 6) is 0.614. The average molecular weight is 212 g/mol. The van der Waals surface area contributed by atoms with Gasteiger partial charge in [-0.15, -0.1) is 0 Å². The Morgan fingerprint density at radius 1 is 1.50 bits per heavy atom. The molecule has 1 unspecified atom stereocenters. The zero-order chi connectivity index (χ0) is 10.6. The molecule has 0 aliphatic carbocycles. The molecule has 1 heterocycles. The molecule has 2 nitrogen and oxygen atoms in total. The van der Waals surface area contributed by atoms with Gasteiger partial charge in [-0.1, -0.05) is 13.8 Å². The molecule has 1 atom stereocenters. The topological polar surface area (TPSA) is 29.3 Å². The van der Waals surface area contributed by atoms with Crippen molar-refractivity contribution in [1.82, 2.24) is 4.90 Å². The summed E-state index contributed by atoms with van der Waals surface area (Å²) in [4.78, 5) is 2.34. The number of nitrogens with two attached hydrogens (primary N) is 1. The molecule has 3 heteroatoms. The Morgan fingerprint density at radius 2 is 2.21 bits per heavy atom. The molecule has 0 fully saturated rings. The van der Waals surface area contributed by atoms with Crippen LogP contribution in [0.5, 0.6) is 0 Å². The van der Waals surface area contributed by atoms with Gasteiger partial charge < -0.3 is 5.73 Å². The molecule has 14 heavy (non-hydrogen) atoms. The first-order valence-corrected chi connectivity index (χ1v) is 6.00. The standard InChI is InChI=1S/C11H20N2S/c1-9(2)11(6-12)13(3)7-10-4-5-14-8-10/h4-5,8-9,11H,6-7,12H2,1-3H3. The number of rotatable bonds is 5. The highest BCUT2D eigenvalue weighted by Crippen LogP contribution is 2.13. The molecule has 0 amide bonds. The summed E-state index contributed by atoms with van der Waals surface area (Å²) < 4.78 is 0. The van der Waals surface area contributed by atoms with Gasteiger partial charge >= 0.3 is 0 Å². The van der Waals surface area contributed by atoms with Gasteiger partial charge in [-0.05, 0) is 35.4 Å². The monoisotopic (exact) mass is 212 g/mol. The fourth-order valence-electron chi connectivity index (χ4n) is 1.75. The third-order valence-electron chi connectivity index (χ3n) is 2.59. The van der Waals surface area contributed by atoms with E-state index in [2.05, 4.69) is 42.6 Å². The third kappa shape index (κ3) is 3.08. The Bertz CT molecular complexity index is 244. The highest BCUT2D eigenvalue weighted by molar-refractivity contribution is 7.07. The lowest BCUT2D eigenvalue weighted by Crippen LogP contribution is -2.41. The molecule has 80 valence electrons. The van der Waals surface area contributed by atoms with Crippen molar-refractivity contribution in [2.24, 2.45) is 11.7 Å². The van der Waals surface area contributed by atoms with Gasteiger partial charge in [0.15, 0.2) is 0 Å². The molecular weight excluding hydrogens is 192 g/mol. The first-order valence-electron chi connectivity index (χ1n) is 5.06. The maximum Gasteiger partial charge on any atom is 0.0242 e. The van der Waals surface area contributed by atoms with E-state index in [9.17, 15) is 0 Å². The second-order valence-electron chi connectivity index (χ2n) is 4.09. The zero-order valence-corrected chi connectivity index (χ0v) is 10.1. The van der Waals surface area contributed by atoms with E-state index in [1.54, 1.807) is 11.3 Å². The molecule has 0 saturated carbocycles. The van der Waals surface area contributed by atoms with E-state index in [0.717, 1.165) is 13.1 Å². The minimum atomic E-state index is 0.481. The molecule has 0 aliphatic rings. The van der Waals surface area contributed by atoms with Crippen LogP contribution in [0.2, 0.25) is 0 Å². The van der Waals surface area contributed by atoms with Gasteiger partial charge in [-0.25, -0.2) is 0 Å². The van der Waals surface area contributed by atoms with Crippen LogP contribution in [0.4, 0.5) is 0 Å². The van der Waals surface area contributed by atoms with Gasteiger partial charge in [0, 0.05) is 19.1 Å². The van der Waals surface area contributed by atoms with Crippen molar-refractivity contribution in [3.63, 3.8) is 0 Å². The SMILES string of the molecule is CC(C)C(CN)N(C)Cc1ccsc1. The van der Waals surface area contributed by atoms with E-state index in [4.69, 9.17) is 5.73 Å². The largest absolute Gasteiger partial charge is 0.329 e. The van der Waals surface area contributed by atoms with Crippen LogP contribution >= 0.6 is 11.3 Å². The van der Waals surface area contributed by atoms with Crippen LogP contribution in [0.1, 0.15) is 19.4 Å². The van der Waals surface area contributed by atoms with E-state index < -0.39 is 0 Å². The summed E-state index contributed by atoms with van der Waals surface area (Å²) in [6, 6.07) is 2.66. The summed E-state index contributed by atoms with van der Waals surface area (Å²) in [7, 11) is 2.15. The molecule has 1 aromatic rings. The number of nitrogens with zero attached hydrogens (tertiary/aromatic N) is 1. The summed E-state index contributed by atoms with van der Waals surface area (Å²) in [6.07, 6.45) is 0. The number of thiophene rings is 1. The fraction of sp³-hybridized carbons (Fsp3) is 0.636. The predicted molar refractivity (Wildman–Crippen MR) is 63.5 cm³/mol. The van der Waals surface area contributed by atoms with Crippen molar-refractivity contribution in [2.75, 3.05) is 13.6 Å². The lowest BCUT2D eigenvalue weighted by molar-refractivity contribution is 0.190. The predicted octanol–water partition coefficient (Wildman–Crippen LogP) is 2.16. The smallest absolute Gasteiger partial charge is 0.0242 e. The Balaban J connectivity index is 2.51. The van der Waals surface area contributed by atoms with Crippen LogP contribution in [0.15, 0.2) is 16.8 Å². The molecule has 0 spiro atoms. The molecule has 0 aliphatic heterocycles. The first-order chi connectivity index (χ1) is 6.65. The molecule has 2 N–H and O–H groups in total. The van der Waals surface area contributed by atoms with Crippen molar-refractivity contribution in [3.05, 3.63) is 22.4 Å². The van der Waals surface area contributed by atoms with Crippen molar-refractivity contribution >= 4 is 11.3 Å².